The first-order valence-corrected chi connectivity index (χ1v) is 11.8. The summed E-state index contributed by atoms with van der Waals surface area (Å²) in [6, 6.07) is 1.60. The third-order valence-electron chi connectivity index (χ3n) is 6.07. The third-order valence-corrected chi connectivity index (χ3v) is 7.10. The van der Waals surface area contributed by atoms with Crippen LogP contribution in [-0.4, -0.2) is 34.2 Å². The first-order valence-electron chi connectivity index (χ1n) is 11.0. The van der Waals surface area contributed by atoms with Gasteiger partial charge in [0, 0.05) is 17.4 Å². The summed E-state index contributed by atoms with van der Waals surface area (Å²) in [6.07, 6.45) is 5.11. The summed E-state index contributed by atoms with van der Waals surface area (Å²) < 4.78 is 0. The lowest BCUT2D eigenvalue weighted by molar-refractivity contribution is -0.124. The molecule has 2 N–H and O–H groups in total. The third kappa shape index (κ3) is 5.44. The lowest BCUT2D eigenvalue weighted by Gasteiger charge is -2.34. The van der Waals surface area contributed by atoms with Crippen molar-refractivity contribution in [3.8, 4) is 11.8 Å². The Morgan fingerprint density at radius 3 is 2.33 bits per heavy atom. The van der Waals surface area contributed by atoms with Crippen molar-refractivity contribution in [1.29, 1.82) is 0 Å². The molecule has 0 saturated heterocycles. The summed E-state index contributed by atoms with van der Waals surface area (Å²) in [4.78, 5) is 28.2. The van der Waals surface area contributed by atoms with Crippen molar-refractivity contribution < 1.29 is 19.8 Å². The van der Waals surface area contributed by atoms with Gasteiger partial charge in [0.15, 0.2) is 0 Å². The van der Waals surface area contributed by atoms with E-state index in [-0.39, 0.29) is 28.2 Å². The second-order valence-corrected chi connectivity index (χ2v) is 11.0. The Morgan fingerprint density at radius 2 is 1.80 bits per heavy atom. The van der Waals surface area contributed by atoms with Crippen LogP contribution < -0.4 is 4.90 Å². The van der Waals surface area contributed by atoms with Gasteiger partial charge < -0.3 is 15.1 Å². The molecule has 3 rings (SSSR count). The van der Waals surface area contributed by atoms with Crippen LogP contribution in [0.2, 0.25) is 0 Å². The number of nitrogens with zero attached hydrogens (tertiary/aromatic N) is 1. The topological polar surface area (TPSA) is 77.8 Å². The van der Waals surface area contributed by atoms with Gasteiger partial charge in [-0.15, -0.1) is 11.3 Å². The molecule has 0 bridgehead atoms. The number of carbonyl (C=O) groups is 2. The number of carboxylic acid groups (broad SMARTS) is 1. The average Bonchev–Trinajstić information content (AvgIpc) is 3.27. The fourth-order valence-corrected chi connectivity index (χ4v) is 5.23. The Balaban J connectivity index is 2.00. The van der Waals surface area contributed by atoms with E-state index < -0.39 is 12.1 Å². The number of thiophene rings is 1. The van der Waals surface area contributed by atoms with Gasteiger partial charge >= 0.3 is 5.97 Å². The summed E-state index contributed by atoms with van der Waals surface area (Å²) >= 11 is 1.13. The molecule has 2 aliphatic carbocycles. The van der Waals surface area contributed by atoms with Gasteiger partial charge in [-0.1, -0.05) is 18.8 Å². The van der Waals surface area contributed by atoms with Crippen molar-refractivity contribution in [2.24, 2.45) is 17.3 Å². The predicted molar refractivity (Wildman–Crippen MR) is 120 cm³/mol. The molecule has 1 heterocycles. The largest absolute Gasteiger partial charge is 0.477 e. The molecule has 2 unspecified atom stereocenters. The highest BCUT2D eigenvalue weighted by molar-refractivity contribution is 7.15. The standard InChI is InChI=1S/C24H33NO4S/c1-15-5-7-16(8-6-15)22(27)25(17-9-10-18(26)13-17)20-14-19(11-12-24(2,3)4)30-21(20)23(28)29/h14-18,26H,5-10,13H2,1-4H3,(H,28,29). The van der Waals surface area contributed by atoms with E-state index in [1.807, 2.05) is 20.8 Å². The molecule has 1 aromatic rings. The zero-order valence-corrected chi connectivity index (χ0v) is 19.2. The molecule has 164 valence electrons. The van der Waals surface area contributed by atoms with Crippen LogP contribution in [0.3, 0.4) is 0 Å². The number of rotatable bonds is 4. The summed E-state index contributed by atoms with van der Waals surface area (Å²) in [5, 5.41) is 20.0. The van der Waals surface area contributed by atoms with Crippen molar-refractivity contribution in [3.05, 3.63) is 15.8 Å². The first kappa shape index (κ1) is 22.8. The van der Waals surface area contributed by atoms with Gasteiger partial charge in [-0.3, -0.25) is 4.79 Å². The zero-order chi connectivity index (χ0) is 22.1. The number of anilines is 1. The molecule has 5 nitrogen and oxygen atoms in total. The molecule has 0 aliphatic heterocycles. The molecule has 0 aromatic carbocycles. The Morgan fingerprint density at radius 1 is 1.13 bits per heavy atom. The molecule has 0 radical (unpaired) electrons. The van der Waals surface area contributed by atoms with Crippen molar-refractivity contribution >= 4 is 28.9 Å². The lowest BCUT2D eigenvalue weighted by atomic mass is 9.82. The normalized spacial score (nSPS) is 26.7. The van der Waals surface area contributed by atoms with E-state index in [1.54, 1.807) is 11.0 Å². The van der Waals surface area contributed by atoms with Crippen LogP contribution >= 0.6 is 11.3 Å². The number of carboxylic acids is 1. The Bertz CT molecular complexity index is 849. The van der Waals surface area contributed by atoms with Gasteiger partial charge in [-0.2, -0.15) is 0 Å². The number of amides is 1. The molecular weight excluding hydrogens is 398 g/mol. The van der Waals surface area contributed by atoms with Crippen LogP contribution in [0.1, 0.15) is 87.2 Å². The van der Waals surface area contributed by atoms with Crippen molar-refractivity contribution in [2.75, 3.05) is 4.90 Å². The van der Waals surface area contributed by atoms with Crippen LogP contribution in [0.25, 0.3) is 0 Å². The SMILES string of the molecule is CC1CCC(C(=O)N(c2cc(C#CC(C)(C)C)sc2C(=O)O)C2CCC(O)C2)CC1. The smallest absolute Gasteiger partial charge is 0.348 e. The molecule has 2 fully saturated rings. The monoisotopic (exact) mass is 431 g/mol. The van der Waals surface area contributed by atoms with Crippen LogP contribution in [0.4, 0.5) is 5.69 Å². The maximum absolute atomic E-state index is 13.6. The molecule has 1 amide bonds. The number of aliphatic hydroxyl groups is 1. The second kappa shape index (κ2) is 9.11. The molecule has 2 aliphatic rings. The number of aromatic carboxylic acids is 1. The quantitative estimate of drug-likeness (QED) is 0.664. The van der Waals surface area contributed by atoms with Gasteiger partial charge in [0.25, 0.3) is 0 Å². The Kier molecular flexibility index (Phi) is 6.94. The minimum Gasteiger partial charge on any atom is -0.477 e. The van der Waals surface area contributed by atoms with Crippen LogP contribution in [0, 0.1) is 29.1 Å². The van der Waals surface area contributed by atoms with Crippen molar-refractivity contribution in [2.45, 2.75) is 84.8 Å². The van der Waals surface area contributed by atoms with Gasteiger partial charge in [0.05, 0.1) is 16.7 Å². The summed E-state index contributed by atoms with van der Waals surface area (Å²) in [5.41, 5.74) is 0.255. The van der Waals surface area contributed by atoms with E-state index in [1.165, 1.54) is 0 Å². The highest BCUT2D eigenvalue weighted by atomic mass is 32.1. The molecule has 2 atom stereocenters. The lowest BCUT2D eigenvalue weighted by Crippen LogP contribution is -2.44. The molecule has 6 heteroatoms. The van der Waals surface area contributed by atoms with Crippen molar-refractivity contribution in [3.63, 3.8) is 0 Å². The maximum atomic E-state index is 13.6. The number of hydrogen-bond donors (Lipinski definition) is 2. The maximum Gasteiger partial charge on any atom is 0.348 e. The van der Waals surface area contributed by atoms with Gasteiger partial charge in [-0.25, -0.2) is 4.79 Å². The summed E-state index contributed by atoms with van der Waals surface area (Å²) in [5.74, 6) is 5.78. The molecule has 2 saturated carbocycles. The highest BCUT2D eigenvalue weighted by Crippen LogP contribution is 2.39. The summed E-state index contributed by atoms with van der Waals surface area (Å²) in [7, 11) is 0. The molecule has 0 spiro atoms. The fraction of sp³-hybridized carbons (Fsp3) is 0.667. The molecule has 30 heavy (non-hydrogen) atoms. The van der Waals surface area contributed by atoms with E-state index in [9.17, 15) is 19.8 Å². The first-order chi connectivity index (χ1) is 14.0. The van der Waals surface area contributed by atoms with E-state index >= 15 is 0 Å². The fourth-order valence-electron chi connectivity index (χ4n) is 4.39. The predicted octanol–water partition coefficient (Wildman–Crippen LogP) is 4.92. The van der Waals surface area contributed by atoms with E-state index in [0.29, 0.717) is 35.7 Å². The van der Waals surface area contributed by atoms with Crippen LogP contribution in [-0.2, 0) is 4.79 Å². The van der Waals surface area contributed by atoms with Gasteiger partial charge in [-0.05, 0) is 77.7 Å². The van der Waals surface area contributed by atoms with Gasteiger partial charge in [0.2, 0.25) is 5.91 Å². The van der Waals surface area contributed by atoms with Crippen molar-refractivity contribution in [1.82, 2.24) is 0 Å². The number of carbonyl (C=O) groups excluding carboxylic acids is 1. The minimum absolute atomic E-state index is 0.0108. The number of hydrogen-bond acceptors (Lipinski definition) is 4. The molecule has 1 aromatic heterocycles. The van der Waals surface area contributed by atoms with E-state index in [2.05, 4.69) is 18.8 Å². The second-order valence-electron chi connectivity index (χ2n) is 9.92. The van der Waals surface area contributed by atoms with E-state index in [4.69, 9.17) is 0 Å². The minimum atomic E-state index is -1.03. The van der Waals surface area contributed by atoms with Gasteiger partial charge in [0.1, 0.15) is 4.88 Å². The zero-order valence-electron chi connectivity index (χ0n) is 18.4. The summed E-state index contributed by atoms with van der Waals surface area (Å²) in [6.45, 7) is 8.23. The Labute approximate surface area is 183 Å². The van der Waals surface area contributed by atoms with Crippen LogP contribution in [0.5, 0.6) is 0 Å². The number of aliphatic hydroxyl groups excluding tert-OH is 1. The van der Waals surface area contributed by atoms with Crippen LogP contribution in [0.15, 0.2) is 6.07 Å². The molecular formula is C24H33NO4S. The Hall–Kier alpha value is -1.84. The highest BCUT2D eigenvalue weighted by Gasteiger charge is 2.38. The van der Waals surface area contributed by atoms with E-state index in [0.717, 1.165) is 37.0 Å². The average molecular weight is 432 g/mol.